The van der Waals surface area contributed by atoms with E-state index in [0.717, 1.165) is 22.0 Å². The molecule has 2 heterocycles. The maximum absolute atomic E-state index is 11.6. The highest BCUT2D eigenvalue weighted by atomic mass is 16.5. The predicted molar refractivity (Wildman–Crippen MR) is 157 cm³/mol. The van der Waals surface area contributed by atoms with E-state index >= 15 is 0 Å². The highest BCUT2D eigenvalue weighted by molar-refractivity contribution is 6.14. The van der Waals surface area contributed by atoms with Gasteiger partial charge in [-0.2, -0.15) is 0 Å². The van der Waals surface area contributed by atoms with Gasteiger partial charge in [-0.25, -0.2) is 4.99 Å². The molecule has 1 aromatic heterocycles. The van der Waals surface area contributed by atoms with Gasteiger partial charge >= 0.3 is 5.97 Å². The number of carbonyl (C=O) groups excluding carboxylic acids is 2. The molecule has 0 aliphatic carbocycles. The van der Waals surface area contributed by atoms with Crippen molar-refractivity contribution in [1.29, 1.82) is 0 Å². The molecular weight excluding hydrogens is 518 g/mol. The lowest BCUT2D eigenvalue weighted by Gasteiger charge is -2.12. The number of fused-ring (bicyclic) bond motifs is 3. The predicted octanol–water partition coefficient (Wildman–Crippen LogP) is 5.66. The average molecular weight is 546 g/mol. The molecule has 204 valence electrons. The van der Waals surface area contributed by atoms with Gasteiger partial charge in [-0.3, -0.25) is 19.4 Å². The molecule has 6 rings (SSSR count). The first-order chi connectivity index (χ1) is 19.9. The fraction of sp³-hybridized carbons (Fsp3) is 0.121. The van der Waals surface area contributed by atoms with Gasteiger partial charge in [0.2, 0.25) is 5.91 Å². The summed E-state index contributed by atoms with van der Waals surface area (Å²) in [4.78, 5) is 41.8. The van der Waals surface area contributed by atoms with Crippen molar-refractivity contribution < 1.29 is 24.2 Å². The number of nitrogens with zero attached hydrogens (tertiary/aromatic N) is 2. The van der Waals surface area contributed by atoms with Gasteiger partial charge in [-0.05, 0) is 53.1 Å². The molecular formula is C33H27N3O5. The van der Waals surface area contributed by atoms with Crippen molar-refractivity contribution in [2.45, 2.75) is 25.4 Å². The molecule has 1 unspecified atom stereocenters. The summed E-state index contributed by atoms with van der Waals surface area (Å²) in [6.45, 7) is 0.462. The Morgan fingerprint density at radius 2 is 1.59 bits per heavy atom. The Balaban J connectivity index is 0.000000167. The van der Waals surface area contributed by atoms with E-state index in [1.165, 1.54) is 10.8 Å². The molecule has 41 heavy (non-hydrogen) atoms. The van der Waals surface area contributed by atoms with Crippen LogP contribution in [0.5, 0.6) is 5.75 Å². The van der Waals surface area contributed by atoms with Gasteiger partial charge in [0, 0.05) is 23.6 Å². The summed E-state index contributed by atoms with van der Waals surface area (Å²) in [6.07, 6.45) is 1.63. The molecule has 1 aliphatic rings. The van der Waals surface area contributed by atoms with E-state index in [-0.39, 0.29) is 18.7 Å². The van der Waals surface area contributed by atoms with E-state index in [4.69, 9.17) is 15.6 Å². The van der Waals surface area contributed by atoms with Crippen molar-refractivity contribution in [3.63, 3.8) is 0 Å². The summed E-state index contributed by atoms with van der Waals surface area (Å²) < 4.78 is 5.89. The topological polar surface area (TPSA) is 132 Å². The van der Waals surface area contributed by atoms with Gasteiger partial charge in [0.25, 0.3) is 5.91 Å². The summed E-state index contributed by atoms with van der Waals surface area (Å²) in [5.74, 6) is -1.68. The van der Waals surface area contributed by atoms with E-state index in [1.807, 2.05) is 54.6 Å². The number of para-hydroxylation sites is 1. The van der Waals surface area contributed by atoms with Crippen molar-refractivity contribution in [2.75, 3.05) is 0 Å². The number of ether oxygens (including phenoxy) is 1. The van der Waals surface area contributed by atoms with Crippen LogP contribution in [0.2, 0.25) is 0 Å². The second kappa shape index (κ2) is 12.2. The van der Waals surface area contributed by atoms with E-state index in [9.17, 15) is 14.4 Å². The number of carbonyl (C=O) groups is 3. The smallest absolute Gasteiger partial charge is 0.303 e. The van der Waals surface area contributed by atoms with E-state index in [0.29, 0.717) is 23.6 Å². The summed E-state index contributed by atoms with van der Waals surface area (Å²) in [5, 5.41) is 12.1. The zero-order valence-corrected chi connectivity index (χ0v) is 22.1. The number of benzene rings is 4. The summed E-state index contributed by atoms with van der Waals surface area (Å²) >= 11 is 0. The Morgan fingerprint density at radius 3 is 2.37 bits per heavy atom. The molecule has 0 saturated heterocycles. The Morgan fingerprint density at radius 1 is 0.854 bits per heavy atom. The Bertz CT molecular complexity index is 1800. The summed E-state index contributed by atoms with van der Waals surface area (Å²) in [5.41, 5.74) is 9.09. The van der Waals surface area contributed by atoms with Crippen LogP contribution in [0, 0.1) is 0 Å². The largest absolute Gasteiger partial charge is 0.488 e. The molecule has 3 N–H and O–H groups in total. The van der Waals surface area contributed by atoms with Crippen molar-refractivity contribution in [3.05, 3.63) is 119 Å². The number of aromatic nitrogens is 1. The molecule has 1 aliphatic heterocycles. The second-order valence-corrected chi connectivity index (χ2v) is 9.57. The lowest BCUT2D eigenvalue weighted by atomic mass is 9.97. The van der Waals surface area contributed by atoms with Crippen LogP contribution >= 0.6 is 0 Å². The van der Waals surface area contributed by atoms with Gasteiger partial charge in [0.05, 0.1) is 22.7 Å². The summed E-state index contributed by atoms with van der Waals surface area (Å²) in [6, 6.07) is 31.1. The molecule has 0 fully saturated rings. The van der Waals surface area contributed by atoms with Crippen molar-refractivity contribution in [3.8, 4) is 5.75 Å². The molecule has 8 heteroatoms. The SMILES string of the molecule is NC(=O)C(CCC(=O)O)c1ccc2ccccc2n1.O=C1N=Cc2c(OCc3ccc4ccccc4c3)cccc21. The molecule has 0 saturated carbocycles. The number of aliphatic imine (C=N–C) groups is 1. The van der Waals surface area contributed by atoms with E-state index in [1.54, 1.807) is 18.3 Å². The maximum Gasteiger partial charge on any atom is 0.303 e. The normalized spacial score (nSPS) is 12.4. The fourth-order valence-electron chi connectivity index (χ4n) is 4.65. The minimum absolute atomic E-state index is 0.109. The van der Waals surface area contributed by atoms with Crippen LogP contribution in [-0.2, 0) is 16.2 Å². The van der Waals surface area contributed by atoms with Crippen molar-refractivity contribution >= 4 is 45.7 Å². The first kappa shape index (κ1) is 27.2. The minimum atomic E-state index is -0.952. The second-order valence-electron chi connectivity index (χ2n) is 9.57. The van der Waals surface area contributed by atoms with E-state index < -0.39 is 17.8 Å². The van der Waals surface area contributed by atoms with Crippen molar-refractivity contribution in [1.82, 2.24) is 4.98 Å². The number of pyridine rings is 1. The highest BCUT2D eigenvalue weighted by Gasteiger charge is 2.21. The Hall–Kier alpha value is -5.37. The first-order valence-electron chi connectivity index (χ1n) is 13.1. The number of amides is 2. The van der Waals surface area contributed by atoms with Crippen LogP contribution in [0.3, 0.4) is 0 Å². The molecule has 5 aromatic rings. The number of hydrogen-bond acceptors (Lipinski definition) is 5. The number of rotatable bonds is 8. The van der Waals surface area contributed by atoms with Crippen LogP contribution in [0.4, 0.5) is 0 Å². The van der Waals surface area contributed by atoms with Crippen LogP contribution < -0.4 is 10.5 Å². The standard InChI is InChI=1S/C19H13NO2.C14H14N2O3/c21-19-16-6-3-7-18(17(16)11-20-19)22-12-13-8-9-14-4-1-2-5-15(14)10-13;15-14(19)10(6-8-13(17)18)12-7-5-9-3-1-2-4-11(9)16-12/h1-11H,12H2;1-5,7,10H,6,8H2,(H2,15,19)(H,17,18). The first-order valence-corrected chi connectivity index (χ1v) is 13.1. The average Bonchev–Trinajstić information content (AvgIpc) is 3.37. The van der Waals surface area contributed by atoms with Gasteiger partial charge in [0.15, 0.2) is 0 Å². The van der Waals surface area contributed by atoms with Gasteiger partial charge in [-0.1, -0.05) is 66.7 Å². The molecule has 4 aromatic carbocycles. The lowest BCUT2D eigenvalue weighted by molar-refractivity contribution is -0.137. The zero-order chi connectivity index (χ0) is 28.8. The van der Waals surface area contributed by atoms with Crippen LogP contribution in [0.1, 0.15) is 45.9 Å². The summed E-state index contributed by atoms with van der Waals surface area (Å²) in [7, 11) is 0. The lowest BCUT2D eigenvalue weighted by Crippen LogP contribution is -2.23. The quantitative estimate of drug-likeness (QED) is 0.259. The van der Waals surface area contributed by atoms with Gasteiger partial charge in [0.1, 0.15) is 12.4 Å². The van der Waals surface area contributed by atoms with E-state index in [2.05, 4.69) is 40.3 Å². The third kappa shape index (κ3) is 6.45. The van der Waals surface area contributed by atoms with Crippen LogP contribution in [0.25, 0.3) is 21.7 Å². The van der Waals surface area contributed by atoms with Gasteiger partial charge in [-0.15, -0.1) is 0 Å². The number of hydrogen-bond donors (Lipinski definition) is 2. The third-order valence-corrected chi connectivity index (χ3v) is 6.78. The highest BCUT2D eigenvalue weighted by Crippen LogP contribution is 2.26. The Kier molecular flexibility index (Phi) is 8.10. The minimum Gasteiger partial charge on any atom is -0.488 e. The van der Waals surface area contributed by atoms with Crippen molar-refractivity contribution in [2.24, 2.45) is 10.7 Å². The molecule has 0 radical (unpaired) electrons. The molecule has 1 atom stereocenters. The third-order valence-electron chi connectivity index (χ3n) is 6.78. The van der Waals surface area contributed by atoms with Crippen LogP contribution in [-0.4, -0.2) is 34.1 Å². The van der Waals surface area contributed by atoms with Gasteiger partial charge < -0.3 is 15.6 Å². The Labute approximate surface area is 236 Å². The molecule has 8 nitrogen and oxygen atoms in total. The monoisotopic (exact) mass is 545 g/mol. The number of aliphatic carboxylic acids is 1. The fourth-order valence-corrected chi connectivity index (χ4v) is 4.65. The van der Waals surface area contributed by atoms with Crippen LogP contribution in [0.15, 0.2) is 102 Å². The number of nitrogens with two attached hydrogens (primary N) is 1. The molecule has 0 spiro atoms. The maximum atomic E-state index is 11.6. The zero-order valence-electron chi connectivity index (χ0n) is 22.1. The number of primary amides is 1. The molecule has 2 amide bonds. The number of carboxylic acids is 1. The number of carboxylic acid groups (broad SMARTS) is 1. The molecule has 0 bridgehead atoms.